The predicted molar refractivity (Wildman–Crippen MR) is 50.2 cm³/mol. The lowest BCUT2D eigenvalue weighted by molar-refractivity contribution is -0.136. The molecule has 0 aromatic carbocycles. The molecule has 0 spiro atoms. The average molecular weight is 182 g/mol. The van der Waals surface area contributed by atoms with E-state index < -0.39 is 5.97 Å². The van der Waals surface area contributed by atoms with E-state index in [2.05, 4.69) is 0 Å². The summed E-state index contributed by atoms with van der Waals surface area (Å²) in [6, 6.07) is 2.00. The fourth-order valence-corrected chi connectivity index (χ4v) is 1.42. The Balaban J connectivity index is 2.27. The van der Waals surface area contributed by atoms with Gasteiger partial charge in [0.05, 0.1) is 0 Å². The van der Waals surface area contributed by atoms with Crippen LogP contribution in [0.3, 0.4) is 0 Å². The topological polar surface area (TPSA) is 37.3 Å². The summed E-state index contributed by atoms with van der Waals surface area (Å²) in [7, 11) is 0. The number of carboxylic acid groups (broad SMARTS) is 1. The molecule has 1 aromatic rings. The molecular formula is C9H10O2S. The lowest BCUT2D eigenvalue weighted by atomic mass is 10.2. The zero-order valence-corrected chi connectivity index (χ0v) is 7.38. The highest BCUT2D eigenvalue weighted by molar-refractivity contribution is 7.08. The van der Waals surface area contributed by atoms with Crippen LogP contribution in [0, 0.1) is 0 Å². The van der Waals surface area contributed by atoms with Gasteiger partial charge >= 0.3 is 5.97 Å². The molecule has 0 atom stereocenters. The van der Waals surface area contributed by atoms with Crippen LogP contribution in [0.1, 0.15) is 18.4 Å². The fourth-order valence-electron chi connectivity index (χ4n) is 0.796. The van der Waals surface area contributed by atoms with E-state index in [1.165, 1.54) is 0 Å². The highest BCUT2D eigenvalue weighted by Gasteiger charge is 1.91. The van der Waals surface area contributed by atoms with Crippen LogP contribution in [0.4, 0.5) is 0 Å². The van der Waals surface area contributed by atoms with E-state index in [9.17, 15) is 4.79 Å². The van der Waals surface area contributed by atoms with Crippen LogP contribution in [-0.2, 0) is 4.79 Å². The maximum atomic E-state index is 10.1. The quantitative estimate of drug-likeness (QED) is 0.777. The monoisotopic (exact) mass is 182 g/mol. The Morgan fingerprint density at radius 3 is 3.08 bits per heavy atom. The summed E-state index contributed by atoms with van der Waals surface area (Å²) in [5.74, 6) is -0.745. The van der Waals surface area contributed by atoms with Gasteiger partial charge in [0.1, 0.15) is 0 Å². The normalized spacial score (nSPS) is 10.7. The van der Waals surface area contributed by atoms with Crippen molar-refractivity contribution in [2.45, 2.75) is 12.8 Å². The van der Waals surface area contributed by atoms with Crippen molar-refractivity contribution in [3.63, 3.8) is 0 Å². The number of hydrogen-bond acceptors (Lipinski definition) is 2. The number of hydrogen-bond donors (Lipinski definition) is 1. The molecule has 1 aromatic heterocycles. The molecule has 1 heterocycles. The SMILES string of the molecule is O=C(O)CC/C=C\c1ccsc1. The van der Waals surface area contributed by atoms with Crippen LogP contribution in [-0.4, -0.2) is 11.1 Å². The molecule has 0 saturated heterocycles. The third-order valence-electron chi connectivity index (χ3n) is 1.38. The third kappa shape index (κ3) is 3.34. The first-order valence-electron chi connectivity index (χ1n) is 3.69. The minimum atomic E-state index is -0.745. The molecule has 0 radical (unpaired) electrons. The predicted octanol–water partition coefficient (Wildman–Crippen LogP) is 2.63. The van der Waals surface area contributed by atoms with Crippen molar-refractivity contribution in [1.82, 2.24) is 0 Å². The number of rotatable bonds is 4. The van der Waals surface area contributed by atoms with E-state index in [1.54, 1.807) is 11.3 Å². The smallest absolute Gasteiger partial charge is 0.303 e. The lowest BCUT2D eigenvalue weighted by Gasteiger charge is -1.86. The Morgan fingerprint density at radius 1 is 1.67 bits per heavy atom. The largest absolute Gasteiger partial charge is 0.481 e. The van der Waals surface area contributed by atoms with Gasteiger partial charge in [-0.2, -0.15) is 11.3 Å². The Bertz CT molecular complexity index is 262. The van der Waals surface area contributed by atoms with Crippen LogP contribution >= 0.6 is 11.3 Å². The van der Waals surface area contributed by atoms with E-state index in [1.807, 2.05) is 29.0 Å². The van der Waals surface area contributed by atoms with Crippen LogP contribution in [0.25, 0.3) is 6.08 Å². The molecule has 0 aliphatic rings. The van der Waals surface area contributed by atoms with Crippen molar-refractivity contribution in [3.8, 4) is 0 Å². The molecular weight excluding hydrogens is 172 g/mol. The van der Waals surface area contributed by atoms with E-state index in [0.29, 0.717) is 6.42 Å². The summed E-state index contributed by atoms with van der Waals surface area (Å²) in [5.41, 5.74) is 1.14. The van der Waals surface area contributed by atoms with Crippen molar-refractivity contribution >= 4 is 23.4 Å². The Morgan fingerprint density at radius 2 is 2.50 bits per heavy atom. The lowest BCUT2D eigenvalue weighted by Crippen LogP contribution is -1.91. The molecule has 0 unspecified atom stereocenters. The first kappa shape index (κ1) is 9.00. The van der Waals surface area contributed by atoms with Gasteiger partial charge in [-0.05, 0) is 28.8 Å². The molecule has 64 valence electrons. The van der Waals surface area contributed by atoms with Crippen molar-refractivity contribution < 1.29 is 9.90 Å². The number of aliphatic carboxylic acids is 1. The van der Waals surface area contributed by atoms with Crippen molar-refractivity contribution in [3.05, 3.63) is 28.5 Å². The summed E-state index contributed by atoms with van der Waals surface area (Å²) in [6.45, 7) is 0. The van der Waals surface area contributed by atoms with Crippen LogP contribution < -0.4 is 0 Å². The van der Waals surface area contributed by atoms with Gasteiger partial charge in [0.2, 0.25) is 0 Å². The highest BCUT2D eigenvalue weighted by atomic mass is 32.1. The van der Waals surface area contributed by atoms with E-state index in [0.717, 1.165) is 5.56 Å². The first-order valence-corrected chi connectivity index (χ1v) is 4.64. The molecule has 0 fully saturated rings. The minimum Gasteiger partial charge on any atom is -0.481 e. The molecule has 1 N–H and O–H groups in total. The maximum absolute atomic E-state index is 10.1. The van der Waals surface area contributed by atoms with Crippen LogP contribution in [0.2, 0.25) is 0 Å². The molecule has 0 saturated carbocycles. The summed E-state index contributed by atoms with van der Waals surface area (Å²) in [6.07, 6.45) is 4.64. The van der Waals surface area contributed by atoms with Crippen molar-refractivity contribution in [2.24, 2.45) is 0 Å². The maximum Gasteiger partial charge on any atom is 0.303 e. The van der Waals surface area contributed by atoms with E-state index in [-0.39, 0.29) is 6.42 Å². The summed E-state index contributed by atoms with van der Waals surface area (Å²) in [5, 5.41) is 12.4. The molecule has 0 aliphatic heterocycles. The van der Waals surface area contributed by atoms with Gasteiger partial charge in [0.25, 0.3) is 0 Å². The molecule has 0 aliphatic carbocycles. The van der Waals surface area contributed by atoms with E-state index in [4.69, 9.17) is 5.11 Å². The number of allylic oxidation sites excluding steroid dienone is 1. The second-order valence-corrected chi connectivity index (χ2v) is 3.17. The second kappa shape index (κ2) is 4.72. The number of thiophene rings is 1. The third-order valence-corrected chi connectivity index (χ3v) is 2.08. The standard InChI is InChI=1S/C9H10O2S/c10-9(11)4-2-1-3-8-5-6-12-7-8/h1,3,5-7H,2,4H2,(H,10,11)/b3-1-. The summed E-state index contributed by atoms with van der Waals surface area (Å²) < 4.78 is 0. The van der Waals surface area contributed by atoms with Gasteiger partial charge < -0.3 is 5.11 Å². The Labute approximate surface area is 75.2 Å². The molecule has 0 amide bonds. The minimum absolute atomic E-state index is 0.209. The molecule has 2 nitrogen and oxygen atoms in total. The van der Waals surface area contributed by atoms with Gasteiger partial charge in [0, 0.05) is 6.42 Å². The summed E-state index contributed by atoms with van der Waals surface area (Å²) >= 11 is 1.64. The van der Waals surface area contributed by atoms with Crippen LogP contribution in [0.5, 0.6) is 0 Å². The zero-order valence-electron chi connectivity index (χ0n) is 6.56. The van der Waals surface area contributed by atoms with Crippen LogP contribution in [0.15, 0.2) is 22.9 Å². The van der Waals surface area contributed by atoms with E-state index >= 15 is 0 Å². The number of carbonyl (C=O) groups is 1. The Kier molecular flexibility index (Phi) is 3.54. The van der Waals surface area contributed by atoms with Gasteiger partial charge in [0.15, 0.2) is 0 Å². The first-order chi connectivity index (χ1) is 5.79. The molecule has 0 bridgehead atoms. The zero-order chi connectivity index (χ0) is 8.81. The summed E-state index contributed by atoms with van der Waals surface area (Å²) in [4.78, 5) is 10.1. The van der Waals surface area contributed by atoms with Gasteiger partial charge in [-0.15, -0.1) is 0 Å². The number of carboxylic acids is 1. The van der Waals surface area contributed by atoms with Crippen molar-refractivity contribution in [2.75, 3.05) is 0 Å². The Hall–Kier alpha value is -1.09. The highest BCUT2D eigenvalue weighted by Crippen LogP contribution is 2.08. The second-order valence-electron chi connectivity index (χ2n) is 2.39. The average Bonchev–Trinajstić information content (AvgIpc) is 2.49. The van der Waals surface area contributed by atoms with Gasteiger partial charge in [-0.25, -0.2) is 0 Å². The molecule has 3 heteroatoms. The molecule has 1 rings (SSSR count). The van der Waals surface area contributed by atoms with Crippen molar-refractivity contribution in [1.29, 1.82) is 0 Å². The van der Waals surface area contributed by atoms with Gasteiger partial charge in [-0.1, -0.05) is 12.2 Å². The molecule has 12 heavy (non-hydrogen) atoms. The van der Waals surface area contributed by atoms with Gasteiger partial charge in [-0.3, -0.25) is 4.79 Å². The fraction of sp³-hybridized carbons (Fsp3) is 0.222.